The highest BCUT2D eigenvalue weighted by molar-refractivity contribution is 5.87. The number of benzene rings is 2. The number of methoxy groups -OCH3 is 1. The summed E-state index contributed by atoms with van der Waals surface area (Å²) < 4.78 is 21.4. The van der Waals surface area contributed by atoms with Crippen LogP contribution in [0.2, 0.25) is 0 Å². The zero-order valence-electron chi connectivity index (χ0n) is 13.1. The Balaban J connectivity index is 1.85. The van der Waals surface area contributed by atoms with Crippen LogP contribution in [0.25, 0.3) is 22.0 Å². The Hall–Kier alpha value is -2.33. The number of aromatic nitrogens is 1. The van der Waals surface area contributed by atoms with Crippen LogP contribution in [0.4, 0.5) is 4.39 Å². The van der Waals surface area contributed by atoms with E-state index in [-0.39, 0.29) is 5.82 Å². The van der Waals surface area contributed by atoms with Crippen LogP contribution in [0.5, 0.6) is 5.75 Å². The molecule has 0 saturated carbocycles. The molecule has 0 aliphatic carbocycles. The van der Waals surface area contributed by atoms with Crippen molar-refractivity contribution in [3.63, 3.8) is 0 Å². The lowest BCUT2D eigenvalue weighted by Crippen LogP contribution is -2.17. The van der Waals surface area contributed by atoms with Crippen molar-refractivity contribution in [1.29, 1.82) is 0 Å². The molecule has 1 aromatic heterocycles. The van der Waals surface area contributed by atoms with Gasteiger partial charge in [0.15, 0.2) is 0 Å². The molecule has 1 aliphatic heterocycles. The highest BCUT2D eigenvalue weighted by Crippen LogP contribution is 2.33. The van der Waals surface area contributed by atoms with Crippen LogP contribution >= 0.6 is 0 Å². The Kier molecular flexibility index (Phi) is 3.54. The highest BCUT2D eigenvalue weighted by Gasteiger charge is 2.13. The summed E-state index contributed by atoms with van der Waals surface area (Å²) in [4.78, 5) is 0. The van der Waals surface area contributed by atoms with Gasteiger partial charge in [0.05, 0.1) is 7.11 Å². The summed E-state index contributed by atoms with van der Waals surface area (Å²) in [6.07, 6.45) is 1.04. The van der Waals surface area contributed by atoms with Crippen molar-refractivity contribution in [2.24, 2.45) is 0 Å². The third kappa shape index (κ3) is 2.49. The molecule has 4 heteroatoms. The van der Waals surface area contributed by atoms with E-state index in [1.165, 1.54) is 28.7 Å². The molecule has 0 fully saturated rings. The van der Waals surface area contributed by atoms with Gasteiger partial charge in [-0.2, -0.15) is 0 Å². The zero-order valence-corrected chi connectivity index (χ0v) is 13.1. The van der Waals surface area contributed by atoms with E-state index >= 15 is 0 Å². The monoisotopic (exact) mass is 310 g/mol. The number of nitrogens with zero attached hydrogens (tertiary/aromatic N) is 1. The minimum absolute atomic E-state index is 0.250. The Morgan fingerprint density at radius 1 is 1.09 bits per heavy atom. The summed E-state index contributed by atoms with van der Waals surface area (Å²) in [7, 11) is 1.61. The van der Waals surface area contributed by atoms with Gasteiger partial charge in [-0.1, -0.05) is 6.07 Å². The molecule has 0 spiro atoms. The van der Waals surface area contributed by atoms with Crippen LogP contribution in [0.3, 0.4) is 0 Å². The number of halogens is 1. The second-order valence-corrected chi connectivity index (χ2v) is 5.91. The molecule has 1 N–H and O–H groups in total. The van der Waals surface area contributed by atoms with Gasteiger partial charge in [-0.15, -0.1) is 0 Å². The predicted molar refractivity (Wildman–Crippen MR) is 90.5 cm³/mol. The summed E-state index contributed by atoms with van der Waals surface area (Å²) >= 11 is 0. The minimum atomic E-state index is -0.250. The van der Waals surface area contributed by atoms with Crippen molar-refractivity contribution < 1.29 is 9.13 Å². The Bertz CT molecular complexity index is 869. The van der Waals surface area contributed by atoms with Crippen LogP contribution in [-0.4, -0.2) is 24.8 Å². The SMILES string of the molecule is COc1ccc(F)cc1-c1ccc2c(c1)cc1n2CCNCC1. The fraction of sp³-hybridized carbons (Fsp3) is 0.263. The summed E-state index contributed by atoms with van der Waals surface area (Å²) in [5, 5.41) is 4.62. The lowest BCUT2D eigenvalue weighted by Gasteiger charge is -2.10. The fourth-order valence-corrected chi connectivity index (χ4v) is 3.40. The molecule has 4 rings (SSSR count). The highest BCUT2D eigenvalue weighted by atomic mass is 19.1. The number of hydrogen-bond donors (Lipinski definition) is 1. The summed E-state index contributed by atoms with van der Waals surface area (Å²) in [5.74, 6) is 0.440. The number of rotatable bonds is 2. The lowest BCUT2D eigenvalue weighted by molar-refractivity contribution is 0.415. The van der Waals surface area contributed by atoms with Gasteiger partial charge < -0.3 is 14.6 Å². The van der Waals surface area contributed by atoms with Crippen molar-refractivity contribution >= 4 is 10.9 Å². The largest absolute Gasteiger partial charge is 0.496 e. The van der Waals surface area contributed by atoms with Crippen LogP contribution in [0, 0.1) is 5.82 Å². The second-order valence-electron chi connectivity index (χ2n) is 5.91. The van der Waals surface area contributed by atoms with Gasteiger partial charge >= 0.3 is 0 Å². The smallest absolute Gasteiger partial charge is 0.126 e. The first kappa shape index (κ1) is 14.3. The predicted octanol–water partition coefficient (Wildman–Crippen LogP) is 3.60. The van der Waals surface area contributed by atoms with Gasteiger partial charge in [0.2, 0.25) is 0 Å². The van der Waals surface area contributed by atoms with E-state index < -0.39 is 0 Å². The molecular formula is C19H19FN2O. The van der Waals surface area contributed by atoms with E-state index in [9.17, 15) is 4.39 Å². The normalized spacial score (nSPS) is 14.5. The third-order valence-corrected chi connectivity index (χ3v) is 4.53. The summed E-state index contributed by atoms with van der Waals surface area (Å²) in [5.41, 5.74) is 4.36. The Morgan fingerprint density at radius 2 is 2.00 bits per heavy atom. The fourth-order valence-electron chi connectivity index (χ4n) is 3.40. The topological polar surface area (TPSA) is 26.2 Å². The van der Waals surface area contributed by atoms with Crippen LogP contribution in [0.1, 0.15) is 5.69 Å². The van der Waals surface area contributed by atoms with E-state index in [0.29, 0.717) is 5.75 Å². The lowest BCUT2D eigenvalue weighted by atomic mass is 10.0. The van der Waals surface area contributed by atoms with E-state index in [1.807, 2.05) is 6.07 Å². The zero-order chi connectivity index (χ0) is 15.8. The maximum absolute atomic E-state index is 13.6. The van der Waals surface area contributed by atoms with Crippen molar-refractivity contribution in [2.75, 3.05) is 20.2 Å². The maximum atomic E-state index is 13.6. The summed E-state index contributed by atoms with van der Waals surface area (Å²) in [6, 6.07) is 13.2. The van der Waals surface area contributed by atoms with Crippen LogP contribution in [0.15, 0.2) is 42.5 Å². The van der Waals surface area contributed by atoms with E-state index in [1.54, 1.807) is 13.2 Å². The van der Waals surface area contributed by atoms with Gasteiger partial charge in [-0.3, -0.25) is 0 Å². The molecule has 0 atom stereocenters. The maximum Gasteiger partial charge on any atom is 0.126 e. The molecule has 23 heavy (non-hydrogen) atoms. The molecule has 0 unspecified atom stereocenters. The number of fused-ring (bicyclic) bond motifs is 3. The first-order valence-electron chi connectivity index (χ1n) is 7.93. The van der Waals surface area contributed by atoms with E-state index in [2.05, 4.69) is 28.1 Å². The van der Waals surface area contributed by atoms with Crippen molar-refractivity contribution in [3.8, 4) is 16.9 Å². The molecule has 3 nitrogen and oxygen atoms in total. The number of nitrogens with one attached hydrogen (secondary N) is 1. The number of hydrogen-bond acceptors (Lipinski definition) is 2. The third-order valence-electron chi connectivity index (χ3n) is 4.53. The van der Waals surface area contributed by atoms with Gasteiger partial charge in [0.25, 0.3) is 0 Å². The average Bonchev–Trinajstić information content (AvgIpc) is 2.75. The van der Waals surface area contributed by atoms with Gasteiger partial charge in [0.1, 0.15) is 11.6 Å². The average molecular weight is 310 g/mol. The van der Waals surface area contributed by atoms with Crippen molar-refractivity contribution in [2.45, 2.75) is 13.0 Å². The summed E-state index contributed by atoms with van der Waals surface area (Å²) in [6.45, 7) is 3.00. The molecule has 0 saturated heterocycles. The molecule has 118 valence electrons. The molecule has 2 aromatic carbocycles. The molecule has 0 amide bonds. The Labute approximate surface area is 134 Å². The Morgan fingerprint density at radius 3 is 2.87 bits per heavy atom. The van der Waals surface area contributed by atoms with Gasteiger partial charge in [0, 0.05) is 48.2 Å². The first-order valence-corrected chi connectivity index (χ1v) is 7.93. The molecular weight excluding hydrogens is 291 g/mol. The second kappa shape index (κ2) is 5.70. The standard InChI is InChI=1S/C19H19FN2O/c1-23-19-5-3-15(20)12-17(19)13-2-4-18-14(10-13)11-16-6-7-21-8-9-22(16)18/h2-5,10-12,21H,6-9H2,1H3. The van der Waals surface area contributed by atoms with Crippen LogP contribution < -0.4 is 10.1 Å². The molecule has 2 heterocycles. The molecule has 1 aliphatic rings. The van der Waals surface area contributed by atoms with E-state index in [0.717, 1.165) is 37.2 Å². The van der Waals surface area contributed by atoms with Gasteiger partial charge in [-0.25, -0.2) is 4.39 Å². The first-order chi connectivity index (χ1) is 11.3. The van der Waals surface area contributed by atoms with Gasteiger partial charge in [-0.05, 0) is 42.0 Å². The molecule has 0 radical (unpaired) electrons. The number of ether oxygens (including phenoxy) is 1. The van der Waals surface area contributed by atoms with E-state index in [4.69, 9.17) is 4.74 Å². The minimum Gasteiger partial charge on any atom is -0.496 e. The van der Waals surface area contributed by atoms with Crippen molar-refractivity contribution in [1.82, 2.24) is 9.88 Å². The molecule has 3 aromatic rings. The van der Waals surface area contributed by atoms with Crippen molar-refractivity contribution in [3.05, 3.63) is 54.0 Å². The van der Waals surface area contributed by atoms with Crippen LogP contribution in [-0.2, 0) is 13.0 Å². The quantitative estimate of drug-likeness (QED) is 0.783. The molecule has 0 bridgehead atoms.